The molecule has 0 N–H and O–H groups in total. The third-order valence-electron chi connectivity index (χ3n) is 6.07. The Bertz CT molecular complexity index is 1090. The molecule has 31 heavy (non-hydrogen) atoms. The van der Waals surface area contributed by atoms with E-state index in [1.54, 1.807) is 27.7 Å². The summed E-state index contributed by atoms with van der Waals surface area (Å²) in [5.41, 5.74) is 4.76. The Hall–Kier alpha value is -3.19. The molecule has 3 heterocycles. The van der Waals surface area contributed by atoms with Crippen molar-refractivity contribution in [1.29, 1.82) is 0 Å². The summed E-state index contributed by atoms with van der Waals surface area (Å²) in [6, 6.07) is 10.3. The van der Waals surface area contributed by atoms with E-state index in [4.69, 9.17) is 0 Å². The fourth-order valence-electron chi connectivity index (χ4n) is 4.12. The molecule has 0 spiro atoms. The summed E-state index contributed by atoms with van der Waals surface area (Å²) in [5, 5.41) is 4.61. The predicted octanol–water partition coefficient (Wildman–Crippen LogP) is 2.73. The van der Waals surface area contributed by atoms with Crippen LogP contribution < -0.4 is 10.6 Å². The number of anilines is 1. The third kappa shape index (κ3) is 4.46. The topological polar surface area (TPSA) is 59.2 Å². The standard InChI is InChI=1S/C24H30N6O/c1-4-11-29-23(21-8-6-10-25-18-21)26-30(24(29)31)17-14-27-12-15-28(16-13-27)22-9-5-7-19(2)20(22)3/h4-10,18H,1,11-17H2,2-3H3. The number of allylic oxidation sites excluding steroid dienone is 1. The summed E-state index contributed by atoms with van der Waals surface area (Å²) in [6.07, 6.45) is 5.17. The summed E-state index contributed by atoms with van der Waals surface area (Å²) in [4.78, 5) is 21.9. The minimum absolute atomic E-state index is 0.104. The molecule has 1 aliphatic rings. The number of piperazine rings is 1. The maximum Gasteiger partial charge on any atom is 0.346 e. The zero-order chi connectivity index (χ0) is 21.8. The lowest BCUT2D eigenvalue weighted by Gasteiger charge is -2.37. The minimum atomic E-state index is -0.104. The van der Waals surface area contributed by atoms with E-state index in [-0.39, 0.29) is 5.69 Å². The van der Waals surface area contributed by atoms with Gasteiger partial charge in [-0.1, -0.05) is 18.2 Å². The van der Waals surface area contributed by atoms with Crippen LogP contribution in [0.25, 0.3) is 11.4 Å². The van der Waals surface area contributed by atoms with Crippen LogP contribution in [0.2, 0.25) is 0 Å². The normalized spacial score (nSPS) is 14.7. The first-order chi connectivity index (χ1) is 15.1. The SMILES string of the molecule is C=CCn1c(-c2cccnc2)nn(CCN2CCN(c3cccc(C)c3C)CC2)c1=O. The van der Waals surface area contributed by atoms with Gasteiger partial charge in [0, 0.05) is 62.9 Å². The highest BCUT2D eigenvalue weighted by Gasteiger charge is 2.20. The second-order valence-corrected chi connectivity index (χ2v) is 8.02. The molecule has 0 amide bonds. The van der Waals surface area contributed by atoms with Crippen LogP contribution in [0.1, 0.15) is 11.1 Å². The first kappa shape index (κ1) is 21.1. The van der Waals surface area contributed by atoms with Crippen molar-refractivity contribution in [1.82, 2.24) is 24.2 Å². The van der Waals surface area contributed by atoms with E-state index < -0.39 is 0 Å². The summed E-state index contributed by atoms with van der Waals surface area (Å²) in [6.45, 7) is 13.9. The van der Waals surface area contributed by atoms with Crippen molar-refractivity contribution in [3.8, 4) is 11.4 Å². The largest absolute Gasteiger partial charge is 0.369 e. The molecule has 162 valence electrons. The molecule has 0 saturated carbocycles. The van der Waals surface area contributed by atoms with E-state index in [1.807, 2.05) is 12.1 Å². The van der Waals surface area contributed by atoms with Crippen molar-refractivity contribution in [2.24, 2.45) is 0 Å². The number of nitrogens with zero attached hydrogens (tertiary/aromatic N) is 6. The van der Waals surface area contributed by atoms with Gasteiger partial charge in [-0.2, -0.15) is 0 Å². The molecule has 0 atom stereocenters. The molecule has 7 heteroatoms. The second kappa shape index (κ2) is 9.31. The zero-order valence-corrected chi connectivity index (χ0v) is 18.4. The molecular formula is C24H30N6O. The first-order valence-electron chi connectivity index (χ1n) is 10.8. The Morgan fingerprint density at radius 3 is 2.58 bits per heavy atom. The van der Waals surface area contributed by atoms with Crippen LogP contribution >= 0.6 is 0 Å². The number of hydrogen-bond acceptors (Lipinski definition) is 5. The Kier molecular flexibility index (Phi) is 6.32. The quantitative estimate of drug-likeness (QED) is 0.552. The maximum atomic E-state index is 12.9. The zero-order valence-electron chi connectivity index (χ0n) is 18.4. The lowest BCUT2D eigenvalue weighted by atomic mass is 10.1. The molecule has 0 unspecified atom stereocenters. The van der Waals surface area contributed by atoms with Gasteiger partial charge in [-0.15, -0.1) is 11.7 Å². The predicted molar refractivity (Wildman–Crippen MR) is 124 cm³/mol. The number of benzene rings is 1. The summed E-state index contributed by atoms with van der Waals surface area (Å²) < 4.78 is 3.23. The lowest BCUT2D eigenvalue weighted by Crippen LogP contribution is -2.47. The molecule has 7 nitrogen and oxygen atoms in total. The summed E-state index contributed by atoms with van der Waals surface area (Å²) in [7, 11) is 0. The highest BCUT2D eigenvalue weighted by atomic mass is 16.2. The van der Waals surface area contributed by atoms with Gasteiger partial charge < -0.3 is 4.90 Å². The molecule has 1 aromatic carbocycles. The van der Waals surface area contributed by atoms with E-state index in [9.17, 15) is 4.79 Å². The highest BCUT2D eigenvalue weighted by Crippen LogP contribution is 2.23. The molecule has 1 aliphatic heterocycles. The molecule has 4 rings (SSSR count). The van der Waals surface area contributed by atoms with Gasteiger partial charge in [0.15, 0.2) is 5.82 Å². The van der Waals surface area contributed by atoms with Crippen molar-refractivity contribution in [3.63, 3.8) is 0 Å². The Morgan fingerprint density at radius 1 is 1.06 bits per heavy atom. The van der Waals surface area contributed by atoms with Gasteiger partial charge in [0.25, 0.3) is 0 Å². The van der Waals surface area contributed by atoms with Gasteiger partial charge in [0.2, 0.25) is 0 Å². The number of aryl methyl sites for hydroxylation is 1. The van der Waals surface area contributed by atoms with Gasteiger partial charge in [-0.25, -0.2) is 9.48 Å². The number of rotatable bonds is 7. The first-order valence-corrected chi connectivity index (χ1v) is 10.8. The fraction of sp³-hybridized carbons (Fsp3) is 0.375. The van der Waals surface area contributed by atoms with Crippen LogP contribution in [-0.2, 0) is 13.1 Å². The van der Waals surface area contributed by atoms with Crippen LogP contribution in [0.5, 0.6) is 0 Å². The number of hydrogen-bond donors (Lipinski definition) is 0. The second-order valence-electron chi connectivity index (χ2n) is 8.02. The Morgan fingerprint density at radius 2 is 1.87 bits per heavy atom. The van der Waals surface area contributed by atoms with Gasteiger partial charge in [-0.05, 0) is 43.2 Å². The van der Waals surface area contributed by atoms with Gasteiger partial charge >= 0.3 is 5.69 Å². The maximum absolute atomic E-state index is 12.9. The Labute approximate surface area is 183 Å². The lowest BCUT2D eigenvalue weighted by molar-refractivity contribution is 0.243. The summed E-state index contributed by atoms with van der Waals surface area (Å²) in [5.74, 6) is 0.637. The molecule has 2 aromatic heterocycles. The molecule has 0 aliphatic carbocycles. The van der Waals surface area contributed by atoms with Crippen molar-refractivity contribution in [2.75, 3.05) is 37.6 Å². The van der Waals surface area contributed by atoms with E-state index in [1.165, 1.54) is 16.8 Å². The van der Waals surface area contributed by atoms with E-state index >= 15 is 0 Å². The van der Waals surface area contributed by atoms with Crippen LogP contribution in [0, 0.1) is 13.8 Å². The van der Waals surface area contributed by atoms with Crippen LogP contribution in [-0.4, -0.2) is 57.0 Å². The molecule has 0 bridgehead atoms. The molecule has 0 radical (unpaired) electrons. The van der Waals surface area contributed by atoms with Crippen LogP contribution in [0.4, 0.5) is 5.69 Å². The molecular weight excluding hydrogens is 388 g/mol. The van der Waals surface area contributed by atoms with Crippen LogP contribution in [0.3, 0.4) is 0 Å². The monoisotopic (exact) mass is 418 g/mol. The molecule has 1 saturated heterocycles. The van der Waals surface area contributed by atoms with Crippen LogP contribution in [0.15, 0.2) is 60.2 Å². The highest BCUT2D eigenvalue weighted by molar-refractivity contribution is 5.56. The van der Waals surface area contributed by atoms with Gasteiger partial charge in [0.1, 0.15) is 0 Å². The number of aromatic nitrogens is 4. The minimum Gasteiger partial charge on any atom is -0.369 e. The van der Waals surface area contributed by atoms with Crippen molar-refractivity contribution in [2.45, 2.75) is 26.9 Å². The smallest absolute Gasteiger partial charge is 0.346 e. The Balaban J connectivity index is 1.42. The molecule has 3 aromatic rings. The third-order valence-corrected chi connectivity index (χ3v) is 6.07. The van der Waals surface area contributed by atoms with Gasteiger partial charge in [-0.3, -0.25) is 14.5 Å². The molecule has 1 fully saturated rings. The van der Waals surface area contributed by atoms with Gasteiger partial charge in [0.05, 0.1) is 6.54 Å². The number of pyridine rings is 1. The van der Waals surface area contributed by atoms with E-state index in [2.05, 4.69) is 58.5 Å². The van der Waals surface area contributed by atoms with Crippen molar-refractivity contribution in [3.05, 3.63) is 77.0 Å². The van der Waals surface area contributed by atoms with Crippen molar-refractivity contribution >= 4 is 5.69 Å². The van der Waals surface area contributed by atoms with Crippen molar-refractivity contribution < 1.29 is 0 Å². The average molecular weight is 419 g/mol. The average Bonchev–Trinajstić information content (AvgIpc) is 3.11. The van der Waals surface area contributed by atoms with E-state index in [0.717, 1.165) is 38.3 Å². The summed E-state index contributed by atoms with van der Waals surface area (Å²) >= 11 is 0. The van der Waals surface area contributed by atoms with E-state index in [0.29, 0.717) is 18.9 Å². The fourth-order valence-corrected chi connectivity index (χ4v) is 4.12.